The molecule has 8 nitrogen and oxygen atoms in total. The van der Waals surface area contributed by atoms with Crippen molar-refractivity contribution in [1.82, 2.24) is 0 Å². The van der Waals surface area contributed by atoms with E-state index in [9.17, 15) is 9.59 Å². The lowest BCUT2D eigenvalue weighted by atomic mass is 9.99. The molecule has 0 atom stereocenters. The molecule has 0 aromatic heterocycles. The minimum atomic E-state index is -0.462. The average molecular weight is 733 g/mol. The molecule has 0 radical (unpaired) electrons. The van der Waals surface area contributed by atoms with Crippen LogP contribution in [0.5, 0.6) is 0 Å². The van der Waals surface area contributed by atoms with Crippen molar-refractivity contribution in [1.29, 1.82) is 0 Å². The van der Waals surface area contributed by atoms with E-state index in [2.05, 4.69) is 76.4 Å². The molecule has 4 rings (SSSR count). The Kier molecular flexibility index (Phi) is 17.2. The molecule has 0 saturated heterocycles. The topological polar surface area (TPSA) is 83.8 Å². The summed E-state index contributed by atoms with van der Waals surface area (Å²) in [6, 6.07) is 29.4. The van der Waals surface area contributed by atoms with Gasteiger partial charge in [-0.25, -0.2) is 9.59 Å². The van der Waals surface area contributed by atoms with Gasteiger partial charge in [-0.3, -0.25) is 0 Å². The van der Waals surface area contributed by atoms with E-state index in [0.29, 0.717) is 11.4 Å². The van der Waals surface area contributed by atoms with Crippen LogP contribution in [0.25, 0.3) is 10.8 Å². The fourth-order valence-electron chi connectivity index (χ4n) is 6.69. The number of fused-ring (bicyclic) bond motifs is 1. The van der Waals surface area contributed by atoms with Crippen LogP contribution in [0, 0.1) is 0 Å². The molecule has 4 aromatic rings. The summed E-state index contributed by atoms with van der Waals surface area (Å²) in [6.07, 6.45) is 15.2. The Bertz CT molecular complexity index is 1820. The van der Waals surface area contributed by atoms with Gasteiger partial charge in [0.05, 0.1) is 17.1 Å². The maximum atomic E-state index is 11.8. The van der Waals surface area contributed by atoms with E-state index in [-0.39, 0.29) is 0 Å². The van der Waals surface area contributed by atoms with Gasteiger partial charge in [0.1, 0.15) is 0 Å². The Balaban J connectivity index is 1.81. The molecule has 4 aromatic carbocycles. The van der Waals surface area contributed by atoms with Crippen molar-refractivity contribution in [3.05, 3.63) is 96.1 Å². The first-order chi connectivity index (χ1) is 26.2. The van der Waals surface area contributed by atoms with Gasteiger partial charge in [-0.1, -0.05) is 125 Å². The van der Waals surface area contributed by atoms with Crippen LogP contribution in [-0.2, 0) is 19.3 Å². The molecule has 0 amide bonds. The summed E-state index contributed by atoms with van der Waals surface area (Å²) in [4.78, 5) is 37.9. The number of oxime groups is 2. The van der Waals surface area contributed by atoms with Crippen LogP contribution < -0.4 is 9.80 Å². The quantitative estimate of drug-likeness (QED) is 0.0346. The van der Waals surface area contributed by atoms with Crippen LogP contribution in [-0.4, -0.2) is 36.5 Å². The molecule has 0 bridgehead atoms. The fourth-order valence-corrected chi connectivity index (χ4v) is 6.69. The highest BCUT2D eigenvalue weighted by atomic mass is 16.7. The highest BCUT2D eigenvalue weighted by Gasteiger charge is 2.19. The van der Waals surface area contributed by atoms with E-state index in [0.717, 1.165) is 52.1 Å². The normalized spacial score (nSPS) is 11.8. The molecule has 0 aliphatic rings. The molecular formula is C46H60N4O4. The van der Waals surface area contributed by atoms with Crippen molar-refractivity contribution in [2.75, 3.05) is 22.9 Å². The van der Waals surface area contributed by atoms with Gasteiger partial charge in [0.15, 0.2) is 0 Å². The zero-order valence-corrected chi connectivity index (χ0v) is 33.4. The molecule has 0 spiro atoms. The van der Waals surface area contributed by atoms with Crippen LogP contribution in [0.15, 0.2) is 95.2 Å². The number of hydrogen-bond donors (Lipinski definition) is 0. The van der Waals surface area contributed by atoms with Crippen molar-refractivity contribution in [3.8, 4) is 0 Å². The minimum absolute atomic E-state index is 0.461. The van der Waals surface area contributed by atoms with Crippen molar-refractivity contribution in [2.45, 2.75) is 119 Å². The molecule has 0 aliphatic heterocycles. The fraction of sp³-hybridized carbons (Fsp3) is 0.435. The minimum Gasteiger partial charge on any atom is -0.372 e. The third kappa shape index (κ3) is 12.9. The highest BCUT2D eigenvalue weighted by Crippen LogP contribution is 2.41. The van der Waals surface area contributed by atoms with Crippen molar-refractivity contribution >= 4 is 56.9 Å². The summed E-state index contributed by atoms with van der Waals surface area (Å²) in [7, 11) is 0. The SMILES string of the molecule is CCCCCCCCN(CCCCCCCC)c1ccc2c(N(c3ccccc3)c3ccc(/C(C)=N\OC(C)=O)cc3)cc(/C(C)=N\OC(C)=O)cc2c1. The third-order valence-electron chi connectivity index (χ3n) is 9.68. The Morgan fingerprint density at radius 1 is 0.537 bits per heavy atom. The molecule has 0 heterocycles. The summed E-state index contributed by atoms with van der Waals surface area (Å²) in [5, 5.41) is 10.3. The molecule has 0 N–H and O–H groups in total. The van der Waals surface area contributed by atoms with Crippen molar-refractivity contribution < 1.29 is 19.3 Å². The largest absolute Gasteiger partial charge is 0.372 e. The summed E-state index contributed by atoms with van der Waals surface area (Å²) in [6.45, 7) is 13.0. The first-order valence-electron chi connectivity index (χ1n) is 19.9. The number of carbonyl (C=O) groups is 2. The Hall–Kier alpha value is -4.98. The van der Waals surface area contributed by atoms with Gasteiger partial charge in [-0.2, -0.15) is 0 Å². The van der Waals surface area contributed by atoms with Gasteiger partial charge < -0.3 is 19.5 Å². The zero-order valence-electron chi connectivity index (χ0n) is 33.4. The number of carbonyl (C=O) groups excluding carboxylic acids is 2. The van der Waals surface area contributed by atoms with E-state index in [1.54, 1.807) is 0 Å². The first-order valence-corrected chi connectivity index (χ1v) is 19.9. The van der Waals surface area contributed by atoms with Crippen LogP contribution in [0.4, 0.5) is 22.7 Å². The number of anilines is 4. The van der Waals surface area contributed by atoms with Crippen molar-refractivity contribution in [3.63, 3.8) is 0 Å². The van der Waals surface area contributed by atoms with Gasteiger partial charge >= 0.3 is 11.9 Å². The standard InChI is InChI=1S/C46H60N4O4/c1-7-9-11-13-15-20-30-49(31-21-16-14-12-10-8-2)44-28-29-45-41(33-44)32-40(36(4)48-54-38(6)52)34-46(45)50(42-22-18-17-19-23-42)43-26-24-39(25-27-43)35(3)47-53-37(5)51/h17-19,22-29,32-34H,7-16,20-21,30-31H2,1-6H3/b47-35-,48-36-. The Morgan fingerprint density at radius 3 is 1.59 bits per heavy atom. The molecular weight excluding hydrogens is 673 g/mol. The summed E-state index contributed by atoms with van der Waals surface area (Å²) in [5.41, 5.74) is 7.03. The van der Waals surface area contributed by atoms with Gasteiger partial charge in [0.25, 0.3) is 0 Å². The predicted octanol–water partition coefficient (Wildman–Crippen LogP) is 12.4. The second-order valence-corrected chi connectivity index (χ2v) is 14.2. The maximum Gasteiger partial charge on any atom is 0.331 e. The van der Waals surface area contributed by atoms with Gasteiger partial charge in [0, 0.05) is 54.9 Å². The second-order valence-electron chi connectivity index (χ2n) is 14.2. The predicted molar refractivity (Wildman–Crippen MR) is 226 cm³/mol. The van der Waals surface area contributed by atoms with E-state index in [1.165, 1.54) is 96.6 Å². The molecule has 0 aliphatic carbocycles. The number of nitrogens with zero attached hydrogens (tertiary/aromatic N) is 4. The van der Waals surface area contributed by atoms with E-state index in [4.69, 9.17) is 9.68 Å². The Labute approximate surface area is 323 Å². The molecule has 54 heavy (non-hydrogen) atoms. The maximum absolute atomic E-state index is 11.8. The monoisotopic (exact) mass is 732 g/mol. The van der Waals surface area contributed by atoms with Crippen molar-refractivity contribution in [2.24, 2.45) is 10.3 Å². The lowest BCUT2D eigenvalue weighted by molar-refractivity contribution is -0.141. The highest BCUT2D eigenvalue weighted by molar-refractivity contribution is 6.08. The van der Waals surface area contributed by atoms with Crippen LogP contribution in [0.2, 0.25) is 0 Å². The van der Waals surface area contributed by atoms with Gasteiger partial charge in [0.2, 0.25) is 0 Å². The van der Waals surface area contributed by atoms with Crippen LogP contribution >= 0.6 is 0 Å². The summed E-state index contributed by atoms with van der Waals surface area (Å²) < 4.78 is 0. The second kappa shape index (κ2) is 22.3. The lowest BCUT2D eigenvalue weighted by Gasteiger charge is -2.29. The van der Waals surface area contributed by atoms with Crippen LogP contribution in [0.1, 0.15) is 130 Å². The first kappa shape index (κ1) is 41.8. The molecule has 0 unspecified atom stereocenters. The molecule has 288 valence electrons. The summed E-state index contributed by atoms with van der Waals surface area (Å²) >= 11 is 0. The number of hydrogen-bond acceptors (Lipinski definition) is 8. The average Bonchev–Trinajstić information content (AvgIpc) is 3.18. The molecule has 0 saturated carbocycles. The lowest BCUT2D eigenvalue weighted by Crippen LogP contribution is -2.25. The number of rotatable bonds is 22. The van der Waals surface area contributed by atoms with E-state index in [1.807, 2.05) is 56.3 Å². The van der Waals surface area contributed by atoms with E-state index < -0.39 is 11.9 Å². The smallest absolute Gasteiger partial charge is 0.331 e. The van der Waals surface area contributed by atoms with Gasteiger partial charge in [-0.15, -0.1) is 0 Å². The number of para-hydroxylation sites is 1. The molecule has 8 heteroatoms. The van der Waals surface area contributed by atoms with Gasteiger partial charge in [-0.05, 0) is 86.2 Å². The zero-order chi connectivity index (χ0) is 38.7. The number of unbranched alkanes of at least 4 members (excludes halogenated alkanes) is 10. The summed E-state index contributed by atoms with van der Waals surface area (Å²) in [5.74, 6) is -0.923. The Morgan fingerprint density at radius 2 is 1.04 bits per heavy atom. The molecule has 0 fully saturated rings. The third-order valence-corrected chi connectivity index (χ3v) is 9.68. The van der Waals surface area contributed by atoms with Crippen LogP contribution in [0.3, 0.4) is 0 Å². The number of benzene rings is 4. The van der Waals surface area contributed by atoms with E-state index >= 15 is 0 Å².